The van der Waals surface area contributed by atoms with Crippen molar-refractivity contribution >= 4 is 15.9 Å². The zero-order valence-electron chi connectivity index (χ0n) is 12.2. The standard InChI is InChI=1S/C17H24BrNO/c1-13(14-5-4-6-15(18)11-14)19-12-16-7-10-17(20-16)8-2-3-9-17/h4-6,11,13,16,19H,2-3,7-10,12H2,1H3/t13-,16?/m0/s1. The van der Waals surface area contributed by atoms with Gasteiger partial charge in [0.2, 0.25) is 0 Å². The molecule has 20 heavy (non-hydrogen) atoms. The first-order valence-electron chi connectivity index (χ1n) is 7.84. The van der Waals surface area contributed by atoms with E-state index in [1.165, 1.54) is 44.1 Å². The van der Waals surface area contributed by atoms with Gasteiger partial charge in [0.15, 0.2) is 0 Å². The highest BCUT2D eigenvalue weighted by Gasteiger charge is 2.41. The number of halogens is 1. The molecule has 1 aromatic rings. The summed E-state index contributed by atoms with van der Waals surface area (Å²) >= 11 is 3.54. The van der Waals surface area contributed by atoms with Crippen LogP contribution < -0.4 is 5.32 Å². The molecule has 2 atom stereocenters. The number of hydrogen-bond donors (Lipinski definition) is 1. The van der Waals surface area contributed by atoms with Crippen LogP contribution >= 0.6 is 15.9 Å². The minimum atomic E-state index is 0.255. The Hall–Kier alpha value is -0.380. The second-order valence-corrected chi connectivity index (χ2v) is 7.27. The van der Waals surface area contributed by atoms with Crippen LogP contribution in [0.5, 0.6) is 0 Å². The Morgan fingerprint density at radius 1 is 1.35 bits per heavy atom. The van der Waals surface area contributed by atoms with E-state index in [-0.39, 0.29) is 5.60 Å². The van der Waals surface area contributed by atoms with Gasteiger partial charge >= 0.3 is 0 Å². The van der Waals surface area contributed by atoms with Crippen LogP contribution in [-0.2, 0) is 4.74 Å². The number of hydrogen-bond acceptors (Lipinski definition) is 2. The van der Waals surface area contributed by atoms with Gasteiger partial charge in [-0.15, -0.1) is 0 Å². The fourth-order valence-corrected chi connectivity index (χ4v) is 4.05. The number of ether oxygens (including phenoxy) is 1. The third-order valence-corrected chi connectivity index (χ3v) is 5.35. The normalized spacial score (nSPS) is 26.2. The fourth-order valence-electron chi connectivity index (χ4n) is 3.63. The molecule has 0 amide bonds. The van der Waals surface area contributed by atoms with Crippen molar-refractivity contribution in [1.29, 1.82) is 0 Å². The van der Waals surface area contributed by atoms with Crippen LogP contribution in [0.25, 0.3) is 0 Å². The molecular weight excluding hydrogens is 314 g/mol. The van der Waals surface area contributed by atoms with Crippen LogP contribution in [0.4, 0.5) is 0 Å². The maximum atomic E-state index is 6.35. The molecule has 1 saturated heterocycles. The predicted octanol–water partition coefficient (Wildman–Crippen LogP) is 4.59. The van der Waals surface area contributed by atoms with E-state index in [0.29, 0.717) is 12.1 Å². The van der Waals surface area contributed by atoms with Gasteiger partial charge in [0.25, 0.3) is 0 Å². The van der Waals surface area contributed by atoms with Crippen molar-refractivity contribution in [3.05, 3.63) is 34.3 Å². The molecule has 0 radical (unpaired) electrons. The second kappa shape index (κ2) is 6.17. The molecular formula is C17H24BrNO. The highest BCUT2D eigenvalue weighted by molar-refractivity contribution is 9.10. The van der Waals surface area contributed by atoms with Crippen molar-refractivity contribution in [2.75, 3.05) is 6.54 Å². The highest BCUT2D eigenvalue weighted by atomic mass is 79.9. The number of benzene rings is 1. The molecule has 1 heterocycles. The summed E-state index contributed by atoms with van der Waals surface area (Å²) in [7, 11) is 0. The van der Waals surface area contributed by atoms with Crippen LogP contribution in [0.2, 0.25) is 0 Å². The maximum Gasteiger partial charge on any atom is 0.0708 e. The molecule has 3 heteroatoms. The van der Waals surface area contributed by atoms with E-state index >= 15 is 0 Å². The summed E-state index contributed by atoms with van der Waals surface area (Å²) in [6, 6.07) is 8.90. The lowest BCUT2D eigenvalue weighted by Crippen LogP contribution is -2.32. The van der Waals surface area contributed by atoms with Gasteiger partial charge in [0, 0.05) is 17.1 Å². The molecule has 0 aromatic heterocycles. The maximum absolute atomic E-state index is 6.35. The Labute approximate surface area is 130 Å². The van der Waals surface area contributed by atoms with Crippen LogP contribution in [0.3, 0.4) is 0 Å². The van der Waals surface area contributed by atoms with Gasteiger partial charge in [-0.05, 0) is 50.3 Å². The Bertz CT molecular complexity index is 456. The molecule has 0 bridgehead atoms. The molecule has 2 fully saturated rings. The van der Waals surface area contributed by atoms with E-state index < -0.39 is 0 Å². The van der Waals surface area contributed by atoms with Crippen molar-refractivity contribution in [1.82, 2.24) is 5.32 Å². The molecule has 1 saturated carbocycles. The predicted molar refractivity (Wildman–Crippen MR) is 85.9 cm³/mol. The van der Waals surface area contributed by atoms with Gasteiger partial charge in [-0.25, -0.2) is 0 Å². The van der Waals surface area contributed by atoms with Crippen molar-refractivity contribution in [2.24, 2.45) is 0 Å². The van der Waals surface area contributed by atoms with Gasteiger partial charge < -0.3 is 10.1 Å². The summed E-state index contributed by atoms with van der Waals surface area (Å²) in [5, 5.41) is 3.63. The zero-order valence-corrected chi connectivity index (χ0v) is 13.8. The molecule has 2 aliphatic rings. The summed E-state index contributed by atoms with van der Waals surface area (Å²) < 4.78 is 7.49. The lowest BCUT2D eigenvalue weighted by Gasteiger charge is -2.24. The topological polar surface area (TPSA) is 21.3 Å². The Balaban J connectivity index is 1.50. The molecule has 3 rings (SSSR count). The number of rotatable bonds is 4. The third-order valence-electron chi connectivity index (χ3n) is 4.85. The summed E-state index contributed by atoms with van der Waals surface area (Å²) in [4.78, 5) is 0. The minimum Gasteiger partial charge on any atom is -0.370 e. The molecule has 1 N–H and O–H groups in total. The average Bonchev–Trinajstić information content (AvgIpc) is 3.07. The van der Waals surface area contributed by atoms with E-state index in [1.54, 1.807) is 0 Å². The zero-order chi connectivity index (χ0) is 14.0. The average molecular weight is 338 g/mol. The molecule has 1 aliphatic heterocycles. The Kier molecular flexibility index (Phi) is 4.49. The summed E-state index contributed by atoms with van der Waals surface area (Å²) in [6.45, 7) is 3.19. The Morgan fingerprint density at radius 2 is 2.15 bits per heavy atom. The fraction of sp³-hybridized carbons (Fsp3) is 0.647. The first kappa shape index (κ1) is 14.6. The first-order chi connectivity index (χ1) is 9.67. The molecule has 1 spiro atoms. The monoisotopic (exact) mass is 337 g/mol. The van der Waals surface area contributed by atoms with E-state index in [4.69, 9.17) is 4.74 Å². The van der Waals surface area contributed by atoms with Crippen LogP contribution in [0.1, 0.15) is 57.1 Å². The minimum absolute atomic E-state index is 0.255. The summed E-state index contributed by atoms with van der Waals surface area (Å²) in [5.41, 5.74) is 1.58. The van der Waals surface area contributed by atoms with Gasteiger partial charge in [-0.1, -0.05) is 40.9 Å². The van der Waals surface area contributed by atoms with Gasteiger partial charge in [-0.3, -0.25) is 0 Å². The number of nitrogens with one attached hydrogen (secondary N) is 1. The molecule has 110 valence electrons. The van der Waals surface area contributed by atoms with Crippen molar-refractivity contribution < 1.29 is 4.74 Å². The Morgan fingerprint density at radius 3 is 2.90 bits per heavy atom. The lowest BCUT2D eigenvalue weighted by atomic mass is 9.98. The largest absolute Gasteiger partial charge is 0.370 e. The molecule has 1 aliphatic carbocycles. The van der Waals surface area contributed by atoms with Gasteiger partial charge in [0.1, 0.15) is 0 Å². The van der Waals surface area contributed by atoms with Crippen LogP contribution in [0.15, 0.2) is 28.7 Å². The van der Waals surface area contributed by atoms with E-state index in [0.717, 1.165) is 11.0 Å². The van der Waals surface area contributed by atoms with E-state index in [1.807, 2.05) is 0 Å². The highest BCUT2D eigenvalue weighted by Crippen LogP contribution is 2.43. The SMILES string of the molecule is C[C@H](NCC1CCC2(CCCC2)O1)c1cccc(Br)c1. The second-order valence-electron chi connectivity index (χ2n) is 6.35. The summed E-state index contributed by atoms with van der Waals surface area (Å²) in [6.07, 6.45) is 8.17. The molecule has 1 aromatic carbocycles. The molecule has 1 unspecified atom stereocenters. The summed E-state index contributed by atoms with van der Waals surface area (Å²) in [5.74, 6) is 0. The van der Waals surface area contributed by atoms with E-state index in [2.05, 4.69) is 52.4 Å². The van der Waals surface area contributed by atoms with Gasteiger partial charge in [0.05, 0.1) is 11.7 Å². The lowest BCUT2D eigenvalue weighted by molar-refractivity contribution is -0.0357. The smallest absolute Gasteiger partial charge is 0.0708 e. The van der Waals surface area contributed by atoms with Crippen molar-refractivity contribution in [3.8, 4) is 0 Å². The third kappa shape index (κ3) is 3.26. The van der Waals surface area contributed by atoms with Crippen LogP contribution in [0, 0.1) is 0 Å². The molecule has 2 nitrogen and oxygen atoms in total. The van der Waals surface area contributed by atoms with Gasteiger partial charge in [-0.2, -0.15) is 0 Å². The van der Waals surface area contributed by atoms with Crippen LogP contribution in [-0.4, -0.2) is 18.2 Å². The van der Waals surface area contributed by atoms with E-state index in [9.17, 15) is 0 Å². The van der Waals surface area contributed by atoms with Crippen molar-refractivity contribution in [3.63, 3.8) is 0 Å². The van der Waals surface area contributed by atoms with Crippen molar-refractivity contribution in [2.45, 2.75) is 63.2 Å². The quantitative estimate of drug-likeness (QED) is 0.867. The first-order valence-corrected chi connectivity index (χ1v) is 8.63.